The molecule has 0 unspecified atom stereocenters. The molecule has 0 bridgehead atoms. The van der Waals surface area contributed by atoms with Crippen LogP contribution in [0.5, 0.6) is 11.5 Å². The number of hydrogen-bond donors (Lipinski definition) is 1. The molecule has 0 saturated carbocycles. The Hall–Kier alpha value is -4.14. The van der Waals surface area contributed by atoms with Gasteiger partial charge in [-0.3, -0.25) is 14.2 Å². The lowest BCUT2D eigenvalue weighted by atomic mass is 10.1. The van der Waals surface area contributed by atoms with Crippen molar-refractivity contribution >= 4 is 16.9 Å². The monoisotopic (exact) mass is 459 g/mol. The van der Waals surface area contributed by atoms with Crippen molar-refractivity contribution in [2.45, 2.75) is 26.8 Å². The van der Waals surface area contributed by atoms with E-state index in [2.05, 4.69) is 21.5 Å². The summed E-state index contributed by atoms with van der Waals surface area (Å²) in [5, 5.41) is 7.59. The van der Waals surface area contributed by atoms with Gasteiger partial charge in [-0.1, -0.05) is 12.1 Å². The van der Waals surface area contributed by atoms with Crippen LogP contribution in [0.2, 0.25) is 0 Å². The Kier molecular flexibility index (Phi) is 5.75. The van der Waals surface area contributed by atoms with Crippen LogP contribution in [-0.4, -0.2) is 45.0 Å². The van der Waals surface area contributed by atoms with Gasteiger partial charge in [0, 0.05) is 6.54 Å². The first-order valence-electron chi connectivity index (χ1n) is 11.1. The van der Waals surface area contributed by atoms with Crippen molar-refractivity contribution < 1.29 is 14.3 Å². The average molecular weight is 460 g/mol. The number of carbonyl (C=O) groups excluding carboxylic acids is 1. The van der Waals surface area contributed by atoms with E-state index in [-0.39, 0.29) is 18.0 Å². The lowest BCUT2D eigenvalue weighted by Gasteiger charge is -2.18. The molecule has 5 rings (SSSR count). The Morgan fingerprint density at radius 2 is 1.82 bits per heavy atom. The summed E-state index contributed by atoms with van der Waals surface area (Å²) in [5.41, 5.74) is 4.23. The van der Waals surface area contributed by atoms with Gasteiger partial charge in [0.25, 0.3) is 5.56 Å². The molecular formula is C25H25N5O4. The highest BCUT2D eigenvalue weighted by Crippen LogP contribution is 2.30. The molecule has 0 spiro atoms. The Bertz CT molecular complexity index is 1420. The molecule has 1 aliphatic heterocycles. The molecule has 0 radical (unpaired) electrons. The van der Waals surface area contributed by atoms with E-state index in [1.54, 1.807) is 4.68 Å². The van der Waals surface area contributed by atoms with Crippen LogP contribution in [-0.2, 0) is 17.8 Å². The van der Waals surface area contributed by atoms with Crippen molar-refractivity contribution in [3.8, 4) is 17.2 Å². The lowest BCUT2D eigenvalue weighted by molar-refractivity contribution is -0.121. The molecule has 0 fully saturated rings. The van der Waals surface area contributed by atoms with Crippen LogP contribution in [0.15, 0.2) is 53.7 Å². The molecule has 1 N–H and O–H groups in total. The number of hydrogen-bond acceptors (Lipinski definition) is 6. The van der Waals surface area contributed by atoms with Crippen LogP contribution in [0.3, 0.4) is 0 Å². The zero-order chi connectivity index (χ0) is 23.7. The van der Waals surface area contributed by atoms with Crippen LogP contribution in [0.4, 0.5) is 0 Å². The second kappa shape index (κ2) is 9.01. The van der Waals surface area contributed by atoms with Gasteiger partial charge in [-0.05, 0) is 61.2 Å². The second-order valence-electron chi connectivity index (χ2n) is 8.40. The summed E-state index contributed by atoms with van der Waals surface area (Å²) in [6.07, 6.45) is 3.53. The van der Waals surface area contributed by atoms with Crippen LogP contribution in [0, 0.1) is 13.8 Å². The number of fused-ring (bicyclic) bond motifs is 2. The second-order valence-corrected chi connectivity index (χ2v) is 8.40. The quantitative estimate of drug-likeness (QED) is 0.475. The van der Waals surface area contributed by atoms with Gasteiger partial charge in [0.15, 0.2) is 17.1 Å². The predicted octanol–water partition coefficient (Wildman–Crippen LogP) is 2.33. The molecule has 0 atom stereocenters. The number of benzene rings is 2. The standard InChI is InChI=1S/C25H25N5O4/c1-16-9-17(2)11-19(10-16)30-24-20(13-28-30)25(32)29(15-27-24)14-23(31)26-6-5-18-3-4-21-22(12-18)34-8-7-33-21/h3-4,9-13,15H,5-8,14H2,1-2H3,(H,26,31). The molecule has 2 aromatic heterocycles. The van der Waals surface area contributed by atoms with Crippen LogP contribution < -0.4 is 20.3 Å². The van der Waals surface area contributed by atoms with Gasteiger partial charge in [-0.2, -0.15) is 5.10 Å². The third-order valence-corrected chi connectivity index (χ3v) is 5.66. The first kappa shape index (κ1) is 21.7. The summed E-state index contributed by atoms with van der Waals surface area (Å²) in [4.78, 5) is 29.8. The molecule has 1 aliphatic rings. The fraction of sp³-hybridized carbons (Fsp3) is 0.280. The van der Waals surface area contributed by atoms with E-state index in [1.807, 2.05) is 44.2 Å². The molecule has 1 amide bonds. The predicted molar refractivity (Wildman–Crippen MR) is 127 cm³/mol. The van der Waals surface area contributed by atoms with Gasteiger partial charge in [0.05, 0.1) is 11.9 Å². The minimum Gasteiger partial charge on any atom is -0.486 e. The van der Waals surface area contributed by atoms with E-state index in [9.17, 15) is 9.59 Å². The fourth-order valence-corrected chi connectivity index (χ4v) is 4.12. The SMILES string of the molecule is Cc1cc(C)cc(-n2ncc3c(=O)n(CC(=O)NCCc4ccc5c(c4)OCCO5)cnc32)c1. The number of nitrogens with one attached hydrogen (secondary N) is 1. The van der Waals surface area contributed by atoms with E-state index in [0.29, 0.717) is 37.2 Å². The maximum Gasteiger partial charge on any atom is 0.264 e. The zero-order valence-corrected chi connectivity index (χ0v) is 19.1. The third-order valence-electron chi connectivity index (χ3n) is 5.66. The van der Waals surface area contributed by atoms with Crippen LogP contribution >= 0.6 is 0 Å². The van der Waals surface area contributed by atoms with E-state index in [0.717, 1.165) is 33.9 Å². The Labute approximate surface area is 195 Å². The fourth-order valence-electron chi connectivity index (χ4n) is 4.12. The van der Waals surface area contributed by atoms with Gasteiger partial charge < -0.3 is 14.8 Å². The number of rotatable bonds is 6. The number of amides is 1. The largest absolute Gasteiger partial charge is 0.486 e. The molecule has 2 aromatic carbocycles. The maximum absolute atomic E-state index is 12.9. The van der Waals surface area contributed by atoms with Crippen molar-refractivity contribution in [3.05, 3.63) is 76.0 Å². The number of aromatic nitrogens is 4. The van der Waals surface area contributed by atoms with Gasteiger partial charge in [0.2, 0.25) is 5.91 Å². The highest BCUT2D eigenvalue weighted by atomic mass is 16.6. The molecular weight excluding hydrogens is 434 g/mol. The summed E-state index contributed by atoms with van der Waals surface area (Å²) >= 11 is 0. The maximum atomic E-state index is 12.9. The lowest BCUT2D eigenvalue weighted by Crippen LogP contribution is -2.33. The van der Waals surface area contributed by atoms with Gasteiger partial charge in [-0.15, -0.1) is 0 Å². The zero-order valence-electron chi connectivity index (χ0n) is 19.1. The molecule has 0 saturated heterocycles. The van der Waals surface area contributed by atoms with Crippen molar-refractivity contribution in [2.24, 2.45) is 0 Å². The van der Waals surface area contributed by atoms with E-state index in [1.165, 1.54) is 17.1 Å². The van der Waals surface area contributed by atoms with Crippen molar-refractivity contribution in [2.75, 3.05) is 19.8 Å². The molecule has 3 heterocycles. The first-order valence-corrected chi connectivity index (χ1v) is 11.1. The molecule has 174 valence electrons. The molecule has 4 aromatic rings. The summed E-state index contributed by atoms with van der Waals surface area (Å²) in [6.45, 7) is 5.42. The average Bonchev–Trinajstić information content (AvgIpc) is 3.25. The minimum absolute atomic E-state index is 0.113. The minimum atomic E-state index is -0.303. The summed E-state index contributed by atoms with van der Waals surface area (Å²) in [6, 6.07) is 11.8. The highest BCUT2D eigenvalue weighted by Gasteiger charge is 2.14. The Morgan fingerprint density at radius 1 is 1.06 bits per heavy atom. The molecule has 9 nitrogen and oxygen atoms in total. The first-order chi connectivity index (χ1) is 16.5. The number of ether oxygens (including phenoxy) is 2. The smallest absolute Gasteiger partial charge is 0.264 e. The van der Waals surface area contributed by atoms with E-state index < -0.39 is 0 Å². The number of carbonyl (C=O) groups is 1. The topological polar surface area (TPSA) is 100 Å². The summed E-state index contributed by atoms with van der Waals surface area (Å²) < 4.78 is 14.1. The van der Waals surface area contributed by atoms with E-state index >= 15 is 0 Å². The Balaban J connectivity index is 1.25. The molecule has 34 heavy (non-hydrogen) atoms. The van der Waals surface area contributed by atoms with Crippen LogP contribution in [0.25, 0.3) is 16.7 Å². The molecule has 9 heteroatoms. The summed E-state index contributed by atoms with van der Waals surface area (Å²) in [7, 11) is 0. The van der Waals surface area contributed by atoms with Gasteiger partial charge >= 0.3 is 0 Å². The highest BCUT2D eigenvalue weighted by molar-refractivity contribution is 5.78. The number of aryl methyl sites for hydroxylation is 2. The van der Waals surface area contributed by atoms with Crippen molar-refractivity contribution in [1.82, 2.24) is 24.6 Å². The van der Waals surface area contributed by atoms with E-state index in [4.69, 9.17) is 9.47 Å². The van der Waals surface area contributed by atoms with Gasteiger partial charge in [-0.25, -0.2) is 9.67 Å². The summed E-state index contributed by atoms with van der Waals surface area (Å²) in [5.74, 6) is 1.20. The third kappa shape index (κ3) is 4.36. The Morgan fingerprint density at radius 3 is 2.62 bits per heavy atom. The van der Waals surface area contributed by atoms with Gasteiger partial charge in [0.1, 0.15) is 31.5 Å². The van der Waals surface area contributed by atoms with Crippen LogP contribution in [0.1, 0.15) is 16.7 Å². The normalized spacial score (nSPS) is 12.6. The molecule has 0 aliphatic carbocycles. The van der Waals surface area contributed by atoms with Crippen molar-refractivity contribution in [3.63, 3.8) is 0 Å². The van der Waals surface area contributed by atoms with Crippen molar-refractivity contribution in [1.29, 1.82) is 0 Å². The number of nitrogens with zero attached hydrogens (tertiary/aromatic N) is 4.